The van der Waals surface area contributed by atoms with Crippen LogP contribution in [0.15, 0.2) is 0 Å². The second kappa shape index (κ2) is 1060. The van der Waals surface area contributed by atoms with Gasteiger partial charge in [-0.3, -0.25) is 0 Å². The van der Waals surface area contributed by atoms with Crippen LogP contribution in [0.5, 0.6) is 0 Å². The van der Waals surface area contributed by atoms with Gasteiger partial charge in [0.1, 0.15) is 0 Å². The Morgan fingerprint density at radius 2 is 0.429 bits per heavy atom. The SMILES string of the molecule is [N].[N].[N].[N].[OH-].[OH-].[Pd+2]. The molecule has 0 unspecified atom stereocenters. The summed E-state index contributed by atoms with van der Waals surface area (Å²) < 4.78 is 0. The number of rotatable bonds is 0. The van der Waals surface area contributed by atoms with Crippen molar-refractivity contribution < 1.29 is 31.4 Å². The van der Waals surface area contributed by atoms with Crippen LogP contribution in [0.25, 0.3) is 0 Å². The van der Waals surface area contributed by atoms with Gasteiger partial charge in [0.2, 0.25) is 0 Å². The van der Waals surface area contributed by atoms with E-state index in [1.165, 1.54) is 0 Å². The third-order valence-corrected chi connectivity index (χ3v) is 0. The molecule has 7 heteroatoms. The first-order valence-corrected chi connectivity index (χ1v) is 0. The first-order chi connectivity index (χ1) is 0. The van der Waals surface area contributed by atoms with Gasteiger partial charge < -0.3 is 11.0 Å². The molecule has 0 spiro atoms. The fourth-order valence-electron chi connectivity index (χ4n) is 0. The summed E-state index contributed by atoms with van der Waals surface area (Å²) in [6.07, 6.45) is 0. The molecule has 44 valence electrons. The Hall–Kier alpha value is 0.422. The Bertz CT molecular complexity index is 9.65. The smallest absolute Gasteiger partial charge is 0.870 e. The molecule has 0 amide bonds. The monoisotopic (exact) mass is 196 g/mol. The Balaban J connectivity index is 0. The topological polar surface area (TPSA) is 182 Å². The maximum atomic E-state index is 0. The molecule has 0 heterocycles. The van der Waals surface area contributed by atoms with Crippen molar-refractivity contribution in [2.75, 3.05) is 0 Å². The molecular weight excluding hydrogens is 194 g/mol. The second-order valence-electron chi connectivity index (χ2n) is 0. The van der Waals surface area contributed by atoms with E-state index in [2.05, 4.69) is 0 Å². The maximum Gasteiger partial charge on any atom is 2.00 e. The van der Waals surface area contributed by atoms with Crippen molar-refractivity contribution in [3.05, 3.63) is 0 Å². The minimum Gasteiger partial charge on any atom is -0.870 e. The number of hydrogen-bond donors (Lipinski definition) is 0. The molecule has 0 fully saturated rings. The molecule has 0 aromatic carbocycles. The predicted molar refractivity (Wildman–Crippen MR) is 12.4 cm³/mol. The van der Waals surface area contributed by atoms with Crippen LogP contribution in [-0.2, 0) is 20.4 Å². The third kappa shape index (κ3) is 704. The first kappa shape index (κ1) is 1720. The molecule has 0 aliphatic rings. The summed E-state index contributed by atoms with van der Waals surface area (Å²) in [6.45, 7) is 0. The van der Waals surface area contributed by atoms with Gasteiger partial charge in [0.05, 0.1) is 0 Å². The Morgan fingerprint density at radius 1 is 0.429 bits per heavy atom. The first-order valence-electron chi connectivity index (χ1n) is 0. The van der Waals surface area contributed by atoms with Crippen LogP contribution in [0.3, 0.4) is 0 Å². The number of nitrogens with zero attached hydrogens (tertiary/aromatic N) is 4. The van der Waals surface area contributed by atoms with E-state index in [9.17, 15) is 0 Å². The van der Waals surface area contributed by atoms with Crippen molar-refractivity contribution in [1.29, 1.82) is 0 Å². The van der Waals surface area contributed by atoms with E-state index in [0.717, 1.165) is 0 Å². The van der Waals surface area contributed by atoms with Crippen molar-refractivity contribution in [2.24, 2.45) is 0 Å². The van der Waals surface area contributed by atoms with Gasteiger partial charge in [-0.25, -0.2) is 0 Å². The number of hydrogen-bond acceptors (Lipinski definition) is 2. The maximum absolute atomic E-state index is 0. The third-order valence-electron chi connectivity index (χ3n) is 0. The van der Waals surface area contributed by atoms with Crippen LogP contribution >= 0.6 is 0 Å². The molecule has 12 radical (unpaired) electrons. The fraction of sp³-hybridized carbons (Fsp3) is 0. The molecule has 2 N–H and O–H groups in total. The van der Waals surface area contributed by atoms with E-state index in [1.54, 1.807) is 0 Å². The zero-order chi connectivity index (χ0) is 0. The van der Waals surface area contributed by atoms with Gasteiger partial charge in [-0.1, -0.05) is 0 Å². The molecule has 0 aromatic heterocycles. The summed E-state index contributed by atoms with van der Waals surface area (Å²) in [5, 5.41) is 0. The van der Waals surface area contributed by atoms with E-state index >= 15 is 0 Å². The van der Waals surface area contributed by atoms with Gasteiger partial charge in [-0.05, 0) is 0 Å². The largest absolute Gasteiger partial charge is 2.00 e. The fourth-order valence-corrected chi connectivity index (χ4v) is 0. The van der Waals surface area contributed by atoms with Crippen LogP contribution in [-0.4, -0.2) is 11.0 Å². The Labute approximate surface area is 56.7 Å². The van der Waals surface area contributed by atoms with Gasteiger partial charge in [0, 0.05) is 24.6 Å². The zero-order valence-corrected chi connectivity index (χ0v) is 4.55. The van der Waals surface area contributed by atoms with Crippen molar-refractivity contribution in [3.63, 3.8) is 0 Å². The molecule has 0 aliphatic heterocycles. The molecular formula is H2N4O2Pd. The normalized spacial score (nSPS) is 0. The Kier molecular flexibility index (Phi) is 260000. The molecule has 0 rings (SSSR count). The van der Waals surface area contributed by atoms with E-state index in [-0.39, 0.29) is 56.0 Å². The molecule has 7 heavy (non-hydrogen) atoms. The standard InChI is InChI=1S/4N.2H2O.Pd/h;;;;2*1H2;/q;;;;;;+2/p-2. The van der Waals surface area contributed by atoms with Gasteiger partial charge in [-0.2, -0.15) is 0 Å². The van der Waals surface area contributed by atoms with E-state index in [1.807, 2.05) is 0 Å². The van der Waals surface area contributed by atoms with Crippen molar-refractivity contribution in [3.8, 4) is 0 Å². The summed E-state index contributed by atoms with van der Waals surface area (Å²) in [7, 11) is 0. The van der Waals surface area contributed by atoms with Gasteiger partial charge >= 0.3 is 20.4 Å². The van der Waals surface area contributed by atoms with Crippen molar-refractivity contribution in [1.82, 2.24) is 24.6 Å². The predicted octanol–water partition coefficient (Wildman–Crippen LogP) is -2.28. The van der Waals surface area contributed by atoms with Crippen LogP contribution in [0, 0.1) is 0 Å². The molecule has 6 nitrogen and oxygen atoms in total. The van der Waals surface area contributed by atoms with Gasteiger partial charge in [-0.15, -0.1) is 0 Å². The van der Waals surface area contributed by atoms with E-state index in [0.29, 0.717) is 0 Å². The molecule has 0 saturated heterocycles. The van der Waals surface area contributed by atoms with Crippen LogP contribution in [0.1, 0.15) is 0 Å². The summed E-state index contributed by atoms with van der Waals surface area (Å²) in [4.78, 5) is 0. The van der Waals surface area contributed by atoms with Crippen LogP contribution in [0.2, 0.25) is 0 Å². The zero-order valence-electron chi connectivity index (χ0n) is 3.00. The van der Waals surface area contributed by atoms with Crippen LogP contribution in [0.4, 0.5) is 0 Å². The second-order valence-corrected chi connectivity index (χ2v) is 0. The summed E-state index contributed by atoms with van der Waals surface area (Å²) in [5.41, 5.74) is 0. The minimum atomic E-state index is 0. The average molecular weight is 196 g/mol. The van der Waals surface area contributed by atoms with Gasteiger partial charge in [0.25, 0.3) is 0 Å². The Morgan fingerprint density at radius 3 is 0.429 bits per heavy atom. The summed E-state index contributed by atoms with van der Waals surface area (Å²) in [6, 6.07) is 0. The molecule has 0 saturated carbocycles. The summed E-state index contributed by atoms with van der Waals surface area (Å²) in [5.74, 6) is 0. The van der Waals surface area contributed by atoms with Gasteiger partial charge in [0.15, 0.2) is 0 Å². The van der Waals surface area contributed by atoms with E-state index < -0.39 is 0 Å². The molecule has 0 aliphatic carbocycles. The minimum absolute atomic E-state index is 0. The average Bonchev–Trinajstić information content (AvgIpc) is 0. The molecule has 0 atom stereocenters. The van der Waals surface area contributed by atoms with Crippen LogP contribution < -0.4 is 24.6 Å². The van der Waals surface area contributed by atoms with Crippen molar-refractivity contribution >= 4 is 0 Å². The van der Waals surface area contributed by atoms with Crippen molar-refractivity contribution in [2.45, 2.75) is 0 Å². The quantitative estimate of drug-likeness (QED) is 0.396. The molecule has 0 bridgehead atoms. The van der Waals surface area contributed by atoms with E-state index in [4.69, 9.17) is 0 Å². The summed E-state index contributed by atoms with van der Waals surface area (Å²) >= 11 is 0. The molecule has 0 aromatic rings.